The molecule has 4 nitrogen and oxygen atoms in total. The lowest BCUT2D eigenvalue weighted by Crippen LogP contribution is -2.27. The molecule has 6 heteroatoms. The fourth-order valence-electron chi connectivity index (χ4n) is 3.15. The molecule has 0 spiro atoms. The first-order valence-electron chi connectivity index (χ1n) is 10.2. The lowest BCUT2D eigenvalue weighted by molar-refractivity contribution is -0.121. The maximum atomic E-state index is 12.4. The minimum Gasteiger partial charge on any atom is -0.490 e. The van der Waals surface area contributed by atoms with Crippen molar-refractivity contribution in [3.63, 3.8) is 0 Å². The molecule has 0 aliphatic carbocycles. The van der Waals surface area contributed by atoms with Crippen LogP contribution >= 0.6 is 24.0 Å². The second kappa shape index (κ2) is 10.6. The Morgan fingerprint density at radius 1 is 1.13 bits per heavy atom. The summed E-state index contributed by atoms with van der Waals surface area (Å²) in [6.45, 7) is 11.4. The third-order valence-corrected chi connectivity index (χ3v) is 6.14. The maximum absolute atomic E-state index is 12.4. The van der Waals surface area contributed by atoms with E-state index < -0.39 is 0 Å². The van der Waals surface area contributed by atoms with Gasteiger partial charge in [0, 0.05) is 6.54 Å². The monoisotopic (exact) mass is 453 g/mol. The molecule has 31 heavy (non-hydrogen) atoms. The Balaban J connectivity index is 1.54. The Bertz CT molecular complexity index is 996. The summed E-state index contributed by atoms with van der Waals surface area (Å²) in [6, 6.07) is 13.9. The molecule has 1 saturated heterocycles. The molecule has 162 valence electrons. The average molecular weight is 454 g/mol. The summed E-state index contributed by atoms with van der Waals surface area (Å²) in [5.74, 6) is 2.00. The van der Waals surface area contributed by atoms with Gasteiger partial charge in [0.15, 0.2) is 0 Å². The van der Waals surface area contributed by atoms with Crippen LogP contribution in [0.1, 0.15) is 36.5 Å². The van der Waals surface area contributed by atoms with E-state index in [1.165, 1.54) is 22.9 Å². The lowest BCUT2D eigenvalue weighted by atomic mass is 10.0. The van der Waals surface area contributed by atoms with Crippen LogP contribution in [-0.4, -0.2) is 34.9 Å². The van der Waals surface area contributed by atoms with Gasteiger partial charge in [-0.2, -0.15) is 0 Å². The van der Waals surface area contributed by atoms with Crippen molar-refractivity contribution in [3.8, 4) is 11.5 Å². The van der Waals surface area contributed by atoms with Crippen molar-refractivity contribution in [3.05, 3.63) is 76.7 Å². The molecule has 0 atom stereocenters. The summed E-state index contributed by atoms with van der Waals surface area (Å²) in [4.78, 5) is 14.6. The highest BCUT2D eigenvalue weighted by molar-refractivity contribution is 8.26. The van der Waals surface area contributed by atoms with Gasteiger partial charge in [-0.1, -0.05) is 68.2 Å². The molecule has 0 bridgehead atoms. The van der Waals surface area contributed by atoms with E-state index >= 15 is 0 Å². The zero-order valence-electron chi connectivity index (χ0n) is 18.1. The van der Waals surface area contributed by atoms with Crippen LogP contribution in [0.3, 0.4) is 0 Å². The quantitative estimate of drug-likeness (QED) is 0.203. The second-order valence-electron chi connectivity index (χ2n) is 7.54. The molecule has 1 fully saturated rings. The predicted octanol–water partition coefficient (Wildman–Crippen LogP) is 5.96. The maximum Gasteiger partial charge on any atom is 0.266 e. The van der Waals surface area contributed by atoms with Crippen molar-refractivity contribution in [2.75, 3.05) is 19.8 Å². The average Bonchev–Trinajstić information content (AvgIpc) is 3.00. The summed E-state index contributed by atoms with van der Waals surface area (Å²) in [7, 11) is 0. The molecular weight excluding hydrogens is 426 g/mol. The summed E-state index contributed by atoms with van der Waals surface area (Å²) in [6.07, 6.45) is 3.52. The van der Waals surface area contributed by atoms with Gasteiger partial charge in [-0.3, -0.25) is 9.69 Å². The summed E-state index contributed by atoms with van der Waals surface area (Å²) in [5.41, 5.74) is 3.30. The number of thioether (sulfide) groups is 1. The Kier molecular flexibility index (Phi) is 7.93. The smallest absolute Gasteiger partial charge is 0.266 e. The van der Waals surface area contributed by atoms with Gasteiger partial charge in [-0.25, -0.2) is 0 Å². The molecule has 0 N–H and O–H groups in total. The number of benzene rings is 2. The summed E-state index contributed by atoms with van der Waals surface area (Å²) >= 11 is 6.58. The van der Waals surface area contributed by atoms with Gasteiger partial charge >= 0.3 is 0 Å². The van der Waals surface area contributed by atoms with Crippen molar-refractivity contribution in [1.29, 1.82) is 0 Å². The Morgan fingerprint density at radius 2 is 1.84 bits per heavy atom. The zero-order valence-corrected chi connectivity index (χ0v) is 19.7. The normalized spacial score (nSPS) is 15.1. The minimum absolute atomic E-state index is 0.0794. The predicted molar refractivity (Wildman–Crippen MR) is 133 cm³/mol. The number of carbonyl (C=O) groups is 1. The first-order valence-corrected chi connectivity index (χ1v) is 11.4. The molecule has 0 saturated carbocycles. The SMILES string of the molecule is C=CCN1C(=O)C(=Cc2ccc(OCCOc3cc(C)ccc3C(C)C)cc2)SC1=S. The third-order valence-electron chi connectivity index (χ3n) is 4.76. The first-order chi connectivity index (χ1) is 14.9. The molecule has 1 heterocycles. The van der Waals surface area contributed by atoms with Gasteiger partial charge in [0.25, 0.3) is 5.91 Å². The molecule has 2 aromatic rings. The molecule has 0 radical (unpaired) electrons. The number of carbonyl (C=O) groups excluding carboxylic acids is 1. The van der Waals surface area contributed by atoms with E-state index in [0.29, 0.717) is 34.9 Å². The van der Waals surface area contributed by atoms with Crippen LogP contribution in [0.15, 0.2) is 60.0 Å². The molecular formula is C25H27NO3S2. The fourth-order valence-corrected chi connectivity index (χ4v) is 4.43. The number of ether oxygens (including phenoxy) is 2. The standard InChI is InChI=1S/C25H27NO3S2/c1-5-12-26-24(27)23(31-25(26)30)16-19-7-9-20(10-8-19)28-13-14-29-22-15-18(4)6-11-21(22)17(2)3/h5-11,15-17H,1,12-14H2,2-4H3. The van der Waals surface area contributed by atoms with Gasteiger partial charge in [-0.15, -0.1) is 6.58 Å². The van der Waals surface area contributed by atoms with Crippen molar-refractivity contribution in [2.45, 2.75) is 26.7 Å². The van der Waals surface area contributed by atoms with Gasteiger partial charge in [0.05, 0.1) is 4.91 Å². The Morgan fingerprint density at radius 3 is 2.52 bits per heavy atom. The highest BCUT2D eigenvalue weighted by atomic mass is 32.2. The third kappa shape index (κ3) is 5.99. The molecule has 1 aliphatic heterocycles. The number of aryl methyl sites for hydroxylation is 1. The van der Waals surface area contributed by atoms with E-state index in [9.17, 15) is 4.79 Å². The lowest BCUT2D eigenvalue weighted by Gasteiger charge is -2.15. The van der Waals surface area contributed by atoms with Gasteiger partial charge in [0.2, 0.25) is 0 Å². The largest absolute Gasteiger partial charge is 0.490 e. The van der Waals surface area contributed by atoms with E-state index in [1.54, 1.807) is 11.0 Å². The van der Waals surface area contributed by atoms with Gasteiger partial charge < -0.3 is 9.47 Å². The number of hydrogen-bond donors (Lipinski definition) is 0. The molecule has 1 amide bonds. The van der Waals surface area contributed by atoms with E-state index in [0.717, 1.165) is 17.1 Å². The van der Waals surface area contributed by atoms with Crippen molar-refractivity contribution < 1.29 is 14.3 Å². The minimum atomic E-state index is -0.0794. The number of thiocarbonyl (C=S) groups is 1. The molecule has 1 aliphatic rings. The summed E-state index contributed by atoms with van der Waals surface area (Å²) < 4.78 is 12.3. The van der Waals surface area contributed by atoms with Crippen LogP contribution in [0.5, 0.6) is 11.5 Å². The second-order valence-corrected chi connectivity index (χ2v) is 9.22. The van der Waals surface area contributed by atoms with E-state index in [4.69, 9.17) is 21.7 Å². The topological polar surface area (TPSA) is 38.8 Å². The van der Waals surface area contributed by atoms with Crippen LogP contribution in [-0.2, 0) is 4.79 Å². The van der Waals surface area contributed by atoms with Crippen molar-refractivity contribution >= 4 is 40.3 Å². The Hall–Kier alpha value is -2.57. The van der Waals surface area contributed by atoms with Crippen LogP contribution in [0.4, 0.5) is 0 Å². The molecule has 0 aromatic heterocycles. The van der Waals surface area contributed by atoms with E-state index in [2.05, 4.69) is 45.5 Å². The summed E-state index contributed by atoms with van der Waals surface area (Å²) in [5, 5.41) is 0. The van der Waals surface area contributed by atoms with E-state index in [-0.39, 0.29) is 5.91 Å². The molecule has 2 aromatic carbocycles. The van der Waals surface area contributed by atoms with E-state index in [1.807, 2.05) is 30.3 Å². The molecule has 0 unspecified atom stereocenters. The Labute approximate surface area is 193 Å². The molecule has 3 rings (SSSR count). The number of nitrogens with zero attached hydrogens (tertiary/aromatic N) is 1. The van der Waals surface area contributed by atoms with Crippen LogP contribution < -0.4 is 9.47 Å². The highest BCUT2D eigenvalue weighted by Gasteiger charge is 2.30. The number of hydrogen-bond acceptors (Lipinski definition) is 5. The van der Waals surface area contributed by atoms with Crippen LogP contribution in [0, 0.1) is 6.92 Å². The van der Waals surface area contributed by atoms with Gasteiger partial charge in [-0.05, 0) is 53.8 Å². The number of rotatable bonds is 9. The van der Waals surface area contributed by atoms with Crippen molar-refractivity contribution in [1.82, 2.24) is 4.90 Å². The van der Waals surface area contributed by atoms with Crippen LogP contribution in [0.2, 0.25) is 0 Å². The first kappa shape index (κ1) is 23.1. The highest BCUT2D eigenvalue weighted by Crippen LogP contribution is 2.32. The fraction of sp³-hybridized carbons (Fsp3) is 0.280. The van der Waals surface area contributed by atoms with Gasteiger partial charge in [0.1, 0.15) is 29.0 Å². The van der Waals surface area contributed by atoms with Crippen LogP contribution in [0.25, 0.3) is 6.08 Å². The van der Waals surface area contributed by atoms with Crippen molar-refractivity contribution in [2.24, 2.45) is 0 Å². The zero-order chi connectivity index (χ0) is 22.4. The number of amides is 1.